The lowest BCUT2D eigenvalue weighted by Gasteiger charge is -2.28. The van der Waals surface area contributed by atoms with Crippen LogP contribution in [-0.4, -0.2) is 75.5 Å². The van der Waals surface area contributed by atoms with Crippen LogP contribution in [0.1, 0.15) is 28.8 Å². The predicted octanol–water partition coefficient (Wildman–Crippen LogP) is 2.35. The third-order valence-corrected chi connectivity index (χ3v) is 5.37. The number of methoxy groups -OCH3 is 5. The Kier molecular flexibility index (Phi) is 7.81. The van der Waals surface area contributed by atoms with Crippen LogP contribution in [0, 0.1) is 0 Å². The number of nitrogens with zero attached hydrogens (tertiary/aromatic N) is 3. The monoisotopic (exact) mass is 459 g/mol. The molecule has 2 amide bonds. The second kappa shape index (κ2) is 10.8. The molecule has 0 atom stereocenters. The SMILES string of the molecule is COc1ccc(C(=O)N2CCCN2C(=O)CCc2cc(OC)c(OC)c(OC)c2)c(OC)n1. The summed E-state index contributed by atoms with van der Waals surface area (Å²) < 4.78 is 26.5. The van der Waals surface area contributed by atoms with E-state index in [0.717, 1.165) is 5.56 Å². The first-order chi connectivity index (χ1) is 16.0. The van der Waals surface area contributed by atoms with Crippen LogP contribution in [0.2, 0.25) is 0 Å². The molecule has 10 heteroatoms. The molecule has 0 radical (unpaired) electrons. The highest BCUT2D eigenvalue weighted by Gasteiger charge is 2.33. The third-order valence-electron chi connectivity index (χ3n) is 5.37. The van der Waals surface area contributed by atoms with Gasteiger partial charge in [-0.25, -0.2) is 5.01 Å². The Morgan fingerprint density at radius 3 is 2.12 bits per heavy atom. The zero-order valence-electron chi connectivity index (χ0n) is 19.5. The maximum absolute atomic E-state index is 13.2. The van der Waals surface area contributed by atoms with E-state index < -0.39 is 0 Å². The zero-order chi connectivity index (χ0) is 24.0. The van der Waals surface area contributed by atoms with E-state index in [2.05, 4.69) is 4.98 Å². The van der Waals surface area contributed by atoms with Gasteiger partial charge in [0.15, 0.2) is 11.5 Å². The summed E-state index contributed by atoms with van der Waals surface area (Å²) >= 11 is 0. The average Bonchev–Trinajstić information content (AvgIpc) is 3.35. The summed E-state index contributed by atoms with van der Waals surface area (Å²) in [7, 11) is 7.54. The molecule has 1 aromatic carbocycles. The minimum atomic E-state index is -0.347. The molecule has 3 rings (SSSR count). The number of ether oxygens (including phenoxy) is 5. The molecule has 0 saturated carbocycles. The van der Waals surface area contributed by atoms with Crippen LogP contribution in [0.4, 0.5) is 0 Å². The Labute approximate surface area is 192 Å². The van der Waals surface area contributed by atoms with Crippen molar-refractivity contribution >= 4 is 11.8 Å². The largest absolute Gasteiger partial charge is 0.493 e. The summed E-state index contributed by atoms with van der Waals surface area (Å²) in [6.07, 6.45) is 1.34. The molecule has 33 heavy (non-hydrogen) atoms. The van der Waals surface area contributed by atoms with Gasteiger partial charge in [-0.15, -0.1) is 0 Å². The first-order valence-corrected chi connectivity index (χ1v) is 10.5. The molecule has 1 aromatic heterocycles. The molecule has 0 N–H and O–H groups in total. The third kappa shape index (κ3) is 5.05. The molecular formula is C23H29N3O7. The van der Waals surface area contributed by atoms with Gasteiger partial charge in [0.05, 0.1) is 35.5 Å². The minimum Gasteiger partial charge on any atom is -0.493 e. The number of hydrazine groups is 1. The van der Waals surface area contributed by atoms with Crippen LogP contribution in [-0.2, 0) is 11.2 Å². The molecule has 178 valence electrons. The molecule has 2 heterocycles. The smallest absolute Gasteiger partial charge is 0.277 e. The van der Waals surface area contributed by atoms with Gasteiger partial charge in [-0.05, 0) is 36.6 Å². The number of carbonyl (C=O) groups excluding carboxylic acids is 2. The molecule has 1 aliphatic rings. The van der Waals surface area contributed by atoms with Gasteiger partial charge in [0, 0.05) is 25.6 Å². The van der Waals surface area contributed by atoms with Crippen molar-refractivity contribution in [3.05, 3.63) is 35.4 Å². The molecule has 1 saturated heterocycles. The van der Waals surface area contributed by atoms with Crippen LogP contribution < -0.4 is 23.7 Å². The van der Waals surface area contributed by atoms with Crippen LogP contribution in [0.15, 0.2) is 24.3 Å². The summed E-state index contributed by atoms with van der Waals surface area (Å²) in [5.74, 6) is 1.52. The summed E-state index contributed by atoms with van der Waals surface area (Å²) in [5.41, 5.74) is 1.12. The maximum Gasteiger partial charge on any atom is 0.277 e. The van der Waals surface area contributed by atoms with Crippen molar-refractivity contribution < 1.29 is 33.3 Å². The number of hydrogen-bond acceptors (Lipinski definition) is 8. The molecule has 1 aliphatic heterocycles. The van der Waals surface area contributed by atoms with E-state index >= 15 is 0 Å². The zero-order valence-corrected chi connectivity index (χ0v) is 19.5. The fourth-order valence-corrected chi connectivity index (χ4v) is 3.74. The first kappa shape index (κ1) is 24.0. The van der Waals surface area contributed by atoms with Crippen molar-refractivity contribution in [2.45, 2.75) is 19.3 Å². The number of aromatic nitrogens is 1. The lowest BCUT2D eigenvalue weighted by Crippen LogP contribution is -2.45. The second-order valence-electron chi connectivity index (χ2n) is 7.24. The Morgan fingerprint density at radius 2 is 1.55 bits per heavy atom. The van der Waals surface area contributed by atoms with Gasteiger partial charge >= 0.3 is 0 Å². The van der Waals surface area contributed by atoms with Crippen molar-refractivity contribution in [2.75, 3.05) is 48.6 Å². The van der Waals surface area contributed by atoms with Gasteiger partial charge in [0.25, 0.3) is 5.91 Å². The number of amides is 2. The standard InChI is InChI=1S/C23H29N3O7/c1-29-17-13-15(14-18(30-2)21(17)32-4)7-10-20(27)25-11-6-12-26(25)23(28)16-8-9-19(31-3)24-22(16)33-5/h8-9,13-14H,6-7,10-12H2,1-5H3. The highest BCUT2D eigenvalue weighted by atomic mass is 16.5. The van der Waals surface area contributed by atoms with Crippen molar-refractivity contribution in [3.8, 4) is 29.0 Å². The normalized spacial score (nSPS) is 13.0. The Bertz CT molecular complexity index is 987. The number of pyridine rings is 1. The van der Waals surface area contributed by atoms with Gasteiger partial charge in [-0.3, -0.25) is 14.6 Å². The van der Waals surface area contributed by atoms with Crippen molar-refractivity contribution in [1.29, 1.82) is 0 Å². The van der Waals surface area contributed by atoms with E-state index in [1.54, 1.807) is 26.4 Å². The Balaban J connectivity index is 1.74. The lowest BCUT2D eigenvalue weighted by atomic mass is 10.1. The molecule has 2 aromatic rings. The second-order valence-corrected chi connectivity index (χ2v) is 7.24. The summed E-state index contributed by atoms with van der Waals surface area (Å²) in [4.78, 5) is 30.4. The molecule has 1 fully saturated rings. The molecule has 0 unspecified atom stereocenters. The van der Waals surface area contributed by atoms with E-state index in [0.29, 0.717) is 49.1 Å². The molecule has 0 bridgehead atoms. The fraction of sp³-hybridized carbons (Fsp3) is 0.435. The molecular weight excluding hydrogens is 430 g/mol. The summed E-state index contributed by atoms with van der Waals surface area (Å²) in [5, 5.41) is 2.94. The van der Waals surface area contributed by atoms with Crippen molar-refractivity contribution in [3.63, 3.8) is 0 Å². The topological polar surface area (TPSA) is 99.7 Å². The van der Waals surface area contributed by atoms with E-state index in [4.69, 9.17) is 23.7 Å². The van der Waals surface area contributed by atoms with Gasteiger partial charge in [0.2, 0.25) is 23.4 Å². The number of benzene rings is 1. The van der Waals surface area contributed by atoms with Crippen LogP contribution in [0.5, 0.6) is 29.0 Å². The van der Waals surface area contributed by atoms with Crippen LogP contribution in [0.25, 0.3) is 0 Å². The van der Waals surface area contributed by atoms with Crippen molar-refractivity contribution in [1.82, 2.24) is 15.0 Å². The highest BCUT2D eigenvalue weighted by molar-refractivity contribution is 5.97. The Hall–Kier alpha value is -3.69. The van der Waals surface area contributed by atoms with Crippen LogP contribution >= 0.6 is 0 Å². The number of carbonyl (C=O) groups is 2. The van der Waals surface area contributed by atoms with Gasteiger partial charge in [-0.2, -0.15) is 4.98 Å². The van der Waals surface area contributed by atoms with Crippen LogP contribution in [0.3, 0.4) is 0 Å². The van der Waals surface area contributed by atoms with Gasteiger partial charge in [-0.1, -0.05) is 0 Å². The lowest BCUT2D eigenvalue weighted by molar-refractivity contribution is -0.140. The van der Waals surface area contributed by atoms with Crippen molar-refractivity contribution in [2.24, 2.45) is 0 Å². The van der Waals surface area contributed by atoms with E-state index in [-0.39, 0.29) is 29.7 Å². The molecule has 0 aliphatic carbocycles. The predicted molar refractivity (Wildman–Crippen MR) is 119 cm³/mol. The minimum absolute atomic E-state index is 0.149. The quantitative estimate of drug-likeness (QED) is 0.564. The first-order valence-electron chi connectivity index (χ1n) is 10.5. The fourth-order valence-electron chi connectivity index (χ4n) is 3.74. The molecule has 0 spiro atoms. The number of aryl methyl sites for hydroxylation is 1. The van der Waals surface area contributed by atoms with E-state index in [1.807, 2.05) is 12.1 Å². The highest BCUT2D eigenvalue weighted by Crippen LogP contribution is 2.38. The number of rotatable bonds is 9. The maximum atomic E-state index is 13.2. The van der Waals surface area contributed by atoms with Gasteiger partial charge in [0.1, 0.15) is 5.56 Å². The van der Waals surface area contributed by atoms with E-state index in [1.165, 1.54) is 31.3 Å². The molecule has 10 nitrogen and oxygen atoms in total. The van der Waals surface area contributed by atoms with E-state index in [9.17, 15) is 9.59 Å². The summed E-state index contributed by atoms with van der Waals surface area (Å²) in [6.45, 7) is 0.898. The van der Waals surface area contributed by atoms with Gasteiger partial charge < -0.3 is 23.7 Å². The Morgan fingerprint density at radius 1 is 0.879 bits per heavy atom. The summed E-state index contributed by atoms with van der Waals surface area (Å²) in [6, 6.07) is 6.80. The number of hydrogen-bond donors (Lipinski definition) is 0. The average molecular weight is 459 g/mol.